The van der Waals surface area contributed by atoms with Gasteiger partial charge >= 0.3 is 5.63 Å². The highest BCUT2D eigenvalue weighted by atomic mass is 35.5. The monoisotopic (exact) mass is 504 g/mol. The highest BCUT2D eigenvalue weighted by Crippen LogP contribution is 2.31. The smallest absolute Gasteiger partial charge is 0.345 e. The molecule has 0 N–H and O–H groups in total. The van der Waals surface area contributed by atoms with Gasteiger partial charge in [0.2, 0.25) is 0 Å². The van der Waals surface area contributed by atoms with E-state index in [2.05, 4.69) is 28.8 Å². The van der Waals surface area contributed by atoms with Gasteiger partial charge in [-0.2, -0.15) is 9.78 Å². The van der Waals surface area contributed by atoms with Crippen LogP contribution in [0.25, 0.3) is 32.3 Å². The van der Waals surface area contributed by atoms with E-state index in [0.29, 0.717) is 20.8 Å². The molecule has 0 saturated heterocycles. The summed E-state index contributed by atoms with van der Waals surface area (Å²) < 4.78 is 6.68. The second-order valence-corrected chi connectivity index (χ2v) is 9.15. The van der Waals surface area contributed by atoms with Gasteiger partial charge in [0.25, 0.3) is 5.56 Å². The van der Waals surface area contributed by atoms with E-state index in [1.54, 1.807) is 18.2 Å². The highest BCUT2D eigenvalue weighted by Gasteiger charge is 2.13. The Labute approximate surface area is 209 Å². The lowest BCUT2D eigenvalue weighted by atomic mass is 10.1. The van der Waals surface area contributed by atoms with Crippen LogP contribution >= 0.6 is 22.9 Å². The van der Waals surface area contributed by atoms with Crippen molar-refractivity contribution in [1.82, 2.24) is 9.66 Å². The number of thiophene rings is 1. The summed E-state index contributed by atoms with van der Waals surface area (Å²) in [7, 11) is 0. The fourth-order valence-electron chi connectivity index (χ4n) is 3.96. The molecule has 0 bridgehead atoms. The molecule has 35 heavy (non-hydrogen) atoms. The van der Waals surface area contributed by atoms with Gasteiger partial charge in [0.15, 0.2) is 0 Å². The maximum absolute atomic E-state index is 13.2. The second-order valence-electron chi connectivity index (χ2n) is 7.86. The number of hydrogen-bond donors (Lipinski definition) is 0. The van der Waals surface area contributed by atoms with Crippen LogP contribution < -0.4 is 16.1 Å². The summed E-state index contributed by atoms with van der Waals surface area (Å²) in [5.74, 6) is 0. The lowest BCUT2D eigenvalue weighted by molar-refractivity contribution is 0.559. The van der Waals surface area contributed by atoms with E-state index in [-0.39, 0.29) is 11.1 Å². The normalized spacial score (nSPS) is 11.6. The zero-order valence-electron chi connectivity index (χ0n) is 19.1. The van der Waals surface area contributed by atoms with Crippen LogP contribution in [0.15, 0.2) is 79.3 Å². The van der Waals surface area contributed by atoms with Gasteiger partial charge in [-0.05, 0) is 49.7 Å². The van der Waals surface area contributed by atoms with Crippen molar-refractivity contribution in [3.8, 4) is 11.1 Å². The molecule has 9 heteroatoms. The molecule has 176 valence electrons. The Bertz CT molecular complexity index is 1680. The molecule has 3 heterocycles. The van der Waals surface area contributed by atoms with Gasteiger partial charge in [-0.15, -0.1) is 11.3 Å². The minimum atomic E-state index is -0.530. The number of nitrogens with zero attached hydrogens (tertiary/aromatic N) is 4. The van der Waals surface area contributed by atoms with Gasteiger partial charge in [-0.1, -0.05) is 23.7 Å². The Morgan fingerprint density at radius 1 is 1.11 bits per heavy atom. The molecular formula is C26H21ClN4O3S. The number of aromatic nitrogens is 2. The van der Waals surface area contributed by atoms with Crippen molar-refractivity contribution in [2.45, 2.75) is 13.8 Å². The Morgan fingerprint density at radius 3 is 2.63 bits per heavy atom. The maximum atomic E-state index is 13.2. The molecule has 0 aliphatic rings. The average molecular weight is 505 g/mol. The van der Waals surface area contributed by atoms with Crippen LogP contribution in [0, 0.1) is 0 Å². The van der Waals surface area contributed by atoms with E-state index in [4.69, 9.17) is 16.0 Å². The van der Waals surface area contributed by atoms with Crippen LogP contribution in [0.2, 0.25) is 5.02 Å². The molecule has 0 amide bonds. The first-order valence-corrected chi connectivity index (χ1v) is 12.4. The van der Waals surface area contributed by atoms with Gasteiger partial charge < -0.3 is 9.32 Å². The first kappa shape index (κ1) is 23.0. The minimum Gasteiger partial charge on any atom is -0.422 e. The highest BCUT2D eigenvalue weighted by molar-refractivity contribution is 7.17. The summed E-state index contributed by atoms with van der Waals surface area (Å²) in [5, 5.41) is 7.97. The standard InChI is InChI=1S/C26H21ClN4O3S/c1-3-30(4-2)20-10-7-17-11-18(26(33)34-22(17)12-20)13-29-31-15-28-24-23(25(31)32)21(14-35-24)16-5-8-19(27)9-6-16/h5-15H,3-4H2,1-2H3. The Hall–Kier alpha value is -3.75. The number of halogens is 1. The fraction of sp³-hybridized carbons (Fsp3) is 0.154. The summed E-state index contributed by atoms with van der Waals surface area (Å²) >= 11 is 7.38. The second kappa shape index (κ2) is 9.48. The fourth-order valence-corrected chi connectivity index (χ4v) is 5.00. The number of hydrogen-bond acceptors (Lipinski definition) is 7. The van der Waals surface area contributed by atoms with Crippen molar-refractivity contribution in [2.75, 3.05) is 18.0 Å². The molecule has 5 aromatic rings. The Kier molecular flexibility index (Phi) is 6.23. The molecule has 3 aromatic heterocycles. The molecule has 5 rings (SSSR count). The number of anilines is 1. The van der Waals surface area contributed by atoms with E-state index < -0.39 is 5.63 Å². The van der Waals surface area contributed by atoms with E-state index in [9.17, 15) is 9.59 Å². The van der Waals surface area contributed by atoms with Crippen molar-refractivity contribution in [1.29, 1.82) is 0 Å². The summed E-state index contributed by atoms with van der Waals surface area (Å²) in [5.41, 5.74) is 2.50. The Morgan fingerprint density at radius 2 is 1.89 bits per heavy atom. The van der Waals surface area contributed by atoms with Gasteiger partial charge in [0, 0.05) is 46.2 Å². The predicted molar refractivity (Wildman–Crippen MR) is 143 cm³/mol. The summed E-state index contributed by atoms with van der Waals surface area (Å²) in [4.78, 5) is 33.0. The molecule has 0 radical (unpaired) electrons. The van der Waals surface area contributed by atoms with Crippen LogP contribution in [0.4, 0.5) is 5.69 Å². The maximum Gasteiger partial charge on any atom is 0.345 e. The molecule has 0 spiro atoms. The lowest BCUT2D eigenvalue weighted by Gasteiger charge is -2.20. The number of benzene rings is 2. The zero-order valence-corrected chi connectivity index (χ0v) is 20.6. The third-order valence-corrected chi connectivity index (χ3v) is 6.97. The van der Waals surface area contributed by atoms with E-state index in [0.717, 1.165) is 40.0 Å². The van der Waals surface area contributed by atoms with E-state index in [1.165, 1.54) is 23.9 Å². The van der Waals surface area contributed by atoms with Crippen molar-refractivity contribution >= 4 is 56.0 Å². The molecule has 0 fully saturated rings. The molecule has 0 aliphatic heterocycles. The van der Waals surface area contributed by atoms with E-state index in [1.807, 2.05) is 35.7 Å². The van der Waals surface area contributed by atoms with Gasteiger partial charge in [-0.25, -0.2) is 9.78 Å². The minimum absolute atomic E-state index is 0.239. The van der Waals surface area contributed by atoms with Gasteiger partial charge in [0.05, 0.1) is 17.2 Å². The molecule has 2 aromatic carbocycles. The molecule has 0 saturated carbocycles. The summed E-state index contributed by atoms with van der Waals surface area (Å²) in [6.07, 6.45) is 2.68. The Balaban J connectivity index is 1.52. The first-order chi connectivity index (χ1) is 17.0. The molecule has 7 nitrogen and oxygen atoms in total. The van der Waals surface area contributed by atoms with Crippen LogP contribution in [-0.2, 0) is 0 Å². The summed E-state index contributed by atoms with van der Waals surface area (Å²) in [6, 6.07) is 14.7. The van der Waals surface area contributed by atoms with Crippen molar-refractivity contribution in [3.05, 3.63) is 91.6 Å². The quantitative estimate of drug-likeness (QED) is 0.222. The van der Waals surface area contributed by atoms with Crippen LogP contribution in [0.3, 0.4) is 0 Å². The molecule has 0 atom stereocenters. The lowest BCUT2D eigenvalue weighted by Crippen LogP contribution is -2.21. The topological polar surface area (TPSA) is 80.7 Å². The van der Waals surface area contributed by atoms with Crippen molar-refractivity contribution < 1.29 is 4.42 Å². The van der Waals surface area contributed by atoms with E-state index >= 15 is 0 Å². The first-order valence-electron chi connectivity index (χ1n) is 11.1. The van der Waals surface area contributed by atoms with Crippen molar-refractivity contribution in [3.63, 3.8) is 0 Å². The van der Waals surface area contributed by atoms with Gasteiger partial charge in [-0.3, -0.25) is 4.79 Å². The van der Waals surface area contributed by atoms with Crippen LogP contribution in [0.5, 0.6) is 0 Å². The molecule has 0 aliphatic carbocycles. The average Bonchev–Trinajstić information content (AvgIpc) is 3.30. The molecular weight excluding hydrogens is 484 g/mol. The molecule has 0 unspecified atom stereocenters. The third-order valence-electron chi connectivity index (χ3n) is 5.83. The third kappa shape index (κ3) is 4.38. The predicted octanol–water partition coefficient (Wildman–Crippen LogP) is 5.61. The van der Waals surface area contributed by atoms with Crippen LogP contribution in [0.1, 0.15) is 19.4 Å². The summed E-state index contributed by atoms with van der Waals surface area (Å²) in [6.45, 7) is 5.86. The largest absolute Gasteiger partial charge is 0.422 e. The number of fused-ring (bicyclic) bond motifs is 2. The number of rotatable bonds is 6. The zero-order chi connectivity index (χ0) is 24.5. The van der Waals surface area contributed by atoms with Crippen LogP contribution in [-0.4, -0.2) is 29.0 Å². The van der Waals surface area contributed by atoms with Gasteiger partial charge in [0.1, 0.15) is 16.7 Å². The SMILES string of the molecule is CCN(CC)c1ccc2cc(C=Nn3cnc4scc(-c5ccc(Cl)cc5)c4c3=O)c(=O)oc2c1. The van der Waals surface area contributed by atoms with Crippen molar-refractivity contribution in [2.24, 2.45) is 5.10 Å².